The molecule has 0 aliphatic heterocycles. The number of non-ortho nitro benzene ring substituents is 1. The molecule has 0 fully saturated rings. The SMILES string of the molecule is Cc1cc(NC(=O)c2cnn(-c3ccccc3)c2C)n(-c2ccc([N+](=O)[O-])cc2)n1. The van der Waals surface area contributed by atoms with Crippen LogP contribution >= 0.6 is 0 Å². The number of aromatic nitrogens is 4. The number of amides is 1. The summed E-state index contributed by atoms with van der Waals surface area (Å²) in [6.45, 7) is 3.63. The number of anilines is 1. The maximum atomic E-state index is 12.9. The highest BCUT2D eigenvalue weighted by Gasteiger charge is 2.18. The van der Waals surface area contributed by atoms with Gasteiger partial charge in [-0.2, -0.15) is 10.2 Å². The molecule has 30 heavy (non-hydrogen) atoms. The number of carbonyl (C=O) groups excluding carboxylic acids is 1. The number of aryl methyl sites for hydroxylation is 1. The molecule has 0 saturated heterocycles. The molecular formula is C21H18N6O3. The van der Waals surface area contributed by atoms with Crippen molar-refractivity contribution >= 4 is 17.4 Å². The van der Waals surface area contributed by atoms with E-state index in [9.17, 15) is 14.9 Å². The number of nitrogens with one attached hydrogen (secondary N) is 1. The van der Waals surface area contributed by atoms with Gasteiger partial charge >= 0.3 is 0 Å². The lowest BCUT2D eigenvalue weighted by Crippen LogP contribution is -2.16. The second-order valence-corrected chi connectivity index (χ2v) is 6.70. The highest BCUT2D eigenvalue weighted by atomic mass is 16.6. The zero-order chi connectivity index (χ0) is 21.3. The van der Waals surface area contributed by atoms with Crippen LogP contribution in [0.25, 0.3) is 11.4 Å². The normalized spacial score (nSPS) is 10.7. The third kappa shape index (κ3) is 3.55. The third-order valence-electron chi connectivity index (χ3n) is 4.63. The quantitative estimate of drug-likeness (QED) is 0.403. The Labute approximate surface area is 171 Å². The van der Waals surface area contributed by atoms with Crippen LogP contribution in [0.15, 0.2) is 66.9 Å². The van der Waals surface area contributed by atoms with Gasteiger partial charge in [0.15, 0.2) is 0 Å². The van der Waals surface area contributed by atoms with Gasteiger partial charge in [-0.3, -0.25) is 14.9 Å². The molecule has 9 heteroatoms. The van der Waals surface area contributed by atoms with Gasteiger partial charge in [-0.1, -0.05) is 18.2 Å². The molecule has 2 aromatic carbocycles. The minimum absolute atomic E-state index is 0.0165. The van der Waals surface area contributed by atoms with Gasteiger partial charge in [0.25, 0.3) is 11.6 Å². The van der Waals surface area contributed by atoms with E-state index in [1.54, 1.807) is 29.8 Å². The van der Waals surface area contributed by atoms with Gasteiger partial charge in [-0.05, 0) is 38.1 Å². The van der Waals surface area contributed by atoms with Gasteiger partial charge in [0.2, 0.25) is 0 Å². The Hall–Kier alpha value is -4.27. The first-order valence-corrected chi connectivity index (χ1v) is 9.17. The molecular weight excluding hydrogens is 384 g/mol. The summed E-state index contributed by atoms with van der Waals surface area (Å²) in [6.07, 6.45) is 1.52. The van der Waals surface area contributed by atoms with Gasteiger partial charge in [-0.25, -0.2) is 9.36 Å². The third-order valence-corrected chi connectivity index (χ3v) is 4.63. The number of nitro groups is 1. The van der Waals surface area contributed by atoms with Crippen LogP contribution in [0.3, 0.4) is 0 Å². The Morgan fingerprint density at radius 3 is 2.33 bits per heavy atom. The van der Waals surface area contributed by atoms with E-state index in [0.29, 0.717) is 28.5 Å². The maximum absolute atomic E-state index is 12.9. The zero-order valence-electron chi connectivity index (χ0n) is 16.3. The molecule has 1 N–H and O–H groups in total. The monoisotopic (exact) mass is 402 g/mol. The van der Waals surface area contributed by atoms with E-state index in [1.165, 1.54) is 23.0 Å². The number of rotatable bonds is 5. The van der Waals surface area contributed by atoms with Gasteiger partial charge in [-0.15, -0.1) is 0 Å². The molecule has 0 unspecified atom stereocenters. The largest absolute Gasteiger partial charge is 0.306 e. The summed E-state index contributed by atoms with van der Waals surface area (Å²) in [5.74, 6) is 0.135. The first-order valence-electron chi connectivity index (χ1n) is 9.17. The summed E-state index contributed by atoms with van der Waals surface area (Å²) in [5, 5.41) is 22.5. The van der Waals surface area contributed by atoms with Crippen LogP contribution in [-0.2, 0) is 0 Å². The molecule has 0 bridgehead atoms. The van der Waals surface area contributed by atoms with E-state index in [0.717, 1.165) is 5.69 Å². The zero-order valence-corrected chi connectivity index (χ0v) is 16.3. The number of benzene rings is 2. The Morgan fingerprint density at radius 1 is 1.00 bits per heavy atom. The van der Waals surface area contributed by atoms with Crippen molar-refractivity contribution in [2.75, 3.05) is 5.32 Å². The van der Waals surface area contributed by atoms with E-state index < -0.39 is 4.92 Å². The molecule has 4 aromatic rings. The van der Waals surface area contributed by atoms with Crippen LogP contribution in [0.4, 0.5) is 11.5 Å². The molecule has 2 heterocycles. The number of carbonyl (C=O) groups is 1. The lowest BCUT2D eigenvalue weighted by atomic mass is 10.2. The molecule has 0 radical (unpaired) electrons. The van der Waals surface area contributed by atoms with Crippen molar-refractivity contribution in [2.24, 2.45) is 0 Å². The van der Waals surface area contributed by atoms with E-state index in [2.05, 4.69) is 15.5 Å². The van der Waals surface area contributed by atoms with Crippen molar-refractivity contribution in [1.29, 1.82) is 0 Å². The number of hydrogen-bond acceptors (Lipinski definition) is 5. The van der Waals surface area contributed by atoms with Gasteiger partial charge in [0.05, 0.1) is 39.4 Å². The smallest absolute Gasteiger partial charge is 0.269 e. The fraction of sp³-hybridized carbons (Fsp3) is 0.0952. The summed E-state index contributed by atoms with van der Waals surface area (Å²) in [4.78, 5) is 23.3. The molecule has 0 aliphatic rings. The van der Waals surface area contributed by atoms with Crippen molar-refractivity contribution in [3.8, 4) is 11.4 Å². The Morgan fingerprint density at radius 2 is 1.67 bits per heavy atom. The number of hydrogen-bond donors (Lipinski definition) is 1. The molecule has 0 spiro atoms. The van der Waals surface area contributed by atoms with Crippen molar-refractivity contribution in [3.63, 3.8) is 0 Å². The van der Waals surface area contributed by atoms with Crippen LogP contribution in [-0.4, -0.2) is 30.4 Å². The predicted molar refractivity (Wildman–Crippen MR) is 111 cm³/mol. The summed E-state index contributed by atoms with van der Waals surface area (Å²) in [5.41, 5.74) is 3.28. The summed E-state index contributed by atoms with van der Waals surface area (Å²) in [6, 6.07) is 17.2. The summed E-state index contributed by atoms with van der Waals surface area (Å²) >= 11 is 0. The molecule has 4 rings (SSSR count). The second kappa shape index (κ2) is 7.63. The molecule has 0 aliphatic carbocycles. The van der Waals surface area contributed by atoms with Crippen molar-refractivity contribution < 1.29 is 9.72 Å². The first kappa shape index (κ1) is 19.1. The van der Waals surface area contributed by atoms with Crippen molar-refractivity contribution in [1.82, 2.24) is 19.6 Å². The van der Waals surface area contributed by atoms with Crippen molar-refractivity contribution in [3.05, 3.63) is 93.9 Å². The Kier molecular flexibility index (Phi) is 4.85. The number of nitrogens with zero attached hydrogens (tertiary/aromatic N) is 5. The molecule has 0 saturated carbocycles. The van der Waals surface area contributed by atoms with E-state index in [1.807, 2.05) is 37.3 Å². The van der Waals surface area contributed by atoms with Gasteiger partial charge < -0.3 is 5.32 Å². The minimum atomic E-state index is -0.464. The molecule has 0 atom stereocenters. The van der Waals surface area contributed by atoms with Crippen molar-refractivity contribution in [2.45, 2.75) is 13.8 Å². The van der Waals surface area contributed by atoms with Crippen LogP contribution in [0.5, 0.6) is 0 Å². The van der Waals surface area contributed by atoms with Crippen LogP contribution in [0.1, 0.15) is 21.7 Å². The standard InChI is InChI=1S/C21H18N6O3/c1-14-12-20(26(24-14)17-8-10-18(11-9-17)27(29)30)23-21(28)19-13-22-25(15(19)2)16-6-4-3-5-7-16/h3-13H,1-2H3,(H,23,28). The lowest BCUT2D eigenvalue weighted by Gasteiger charge is -2.09. The van der Waals surface area contributed by atoms with Crippen LogP contribution in [0.2, 0.25) is 0 Å². The lowest BCUT2D eigenvalue weighted by molar-refractivity contribution is -0.384. The topological polar surface area (TPSA) is 108 Å². The summed E-state index contributed by atoms with van der Waals surface area (Å²) < 4.78 is 3.24. The first-order chi connectivity index (χ1) is 14.4. The fourth-order valence-electron chi connectivity index (χ4n) is 3.15. The van der Waals surface area contributed by atoms with Gasteiger partial charge in [0.1, 0.15) is 5.82 Å². The highest BCUT2D eigenvalue weighted by Crippen LogP contribution is 2.21. The minimum Gasteiger partial charge on any atom is -0.306 e. The number of para-hydroxylation sites is 1. The second-order valence-electron chi connectivity index (χ2n) is 6.70. The number of nitro benzene ring substituents is 1. The van der Waals surface area contributed by atoms with E-state index in [4.69, 9.17) is 0 Å². The fourth-order valence-corrected chi connectivity index (χ4v) is 3.15. The average Bonchev–Trinajstić information content (AvgIpc) is 3.31. The van der Waals surface area contributed by atoms with Crippen LogP contribution < -0.4 is 5.32 Å². The molecule has 150 valence electrons. The highest BCUT2D eigenvalue weighted by molar-refractivity contribution is 6.04. The molecule has 9 nitrogen and oxygen atoms in total. The Balaban J connectivity index is 1.62. The van der Waals surface area contributed by atoms with E-state index in [-0.39, 0.29) is 11.6 Å². The Bertz CT molecular complexity index is 1230. The predicted octanol–water partition coefficient (Wildman–Crippen LogP) is 3.84. The molecule has 1 amide bonds. The van der Waals surface area contributed by atoms with Gasteiger partial charge in [0, 0.05) is 18.2 Å². The average molecular weight is 402 g/mol. The molecule has 2 aromatic heterocycles. The maximum Gasteiger partial charge on any atom is 0.269 e. The van der Waals surface area contributed by atoms with E-state index >= 15 is 0 Å². The summed E-state index contributed by atoms with van der Waals surface area (Å²) in [7, 11) is 0. The van der Waals surface area contributed by atoms with Crippen LogP contribution in [0, 0.1) is 24.0 Å².